The van der Waals surface area contributed by atoms with Crippen molar-refractivity contribution in [3.8, 4) is 0 Å². The van der Waals surface area contributed by atoms with Crippen molar-refractivity contribution in [3.05, 3.63) is 47.7 Å². The summed E-state index contributed by atoms with van der Waals surface area (Å²) in [5, 5.41) is 0. The summed E-state index contributed by atoms with van der Waals surface area (Å²) in [6.07, 6.45) is 4.25. The van der Waals surface area contributed by atoms with Gasteiger partial charge in [-0.1, -0.05) is 6.07 Å². The lowest BCUT2D eigenvalue weighted by molar-refractivity contribution is 0.198. The molecule has 0 N–H and O–H groups in total. The highest BCUT2D eigenvalue weighted by Crippen LogP contribution is 2.33. The molecular formula is C19H25N5. The Morgan fingerprint density at radius 1 is 1.08 bits per heavy atom. The molecule has 0 radical (unpaired) electrons. The zero-order chi connectivity index (χ0) is 16.5. The molecule has 2 unspecified atom stereocenters. The molecule has 2 atom stereocenters. The number of anilines is 1. The third kappa shape index (κ3) is 3.13. The highest BCUT2D eigenvalue weighted by atomic mass is 15.3. The molecule has 0 aromatic carbocycles. The lowest BCUT2D eigenvalue weighted by atomic mass is 9.92. The second-order valence-electron chi connectivity index (χ2n) is 7.11. The van der Waals surface area contributed by atoms with Crippen molar-refractivity contribution in [1.29, 1.82) is 0 Å². The van der Waals surface area contributed by atoms with E-state index in [4.69, 9.17) is 0 Å². The summed E-state index contributed by atoms with van der Waals surface area (Å²) < 4.78 is 0. The summed E-state index contributed by atoms with van der Waals surface area (Å²) in [6.45, 7) is 8.40. The van der Waals surface area contributed by atoms with Gasteiger partial charge in [-0.25, -0.2) is 9.97 Å². The molecule has 2 saturated heterocycles. The number of piperidine rings is 1. The van der Waals surface area contributed by atoms with Gasteiger partial charge in [0, 0.05) is 43.1 Å². The molecule has 2 aliphatic heterocycles. The van der Waals surface area contributed by atoms with Crippen LogP contribution in [0.25, 0.3) is 0 Å². The van der Waals surface area contributed by atoms with Crippen LogP contribution in [0.3, 0.4) is 0 Å². The molecule has 0 spiro atoms. The third-order valence-corrected chi connectivity index (χ3v) is 5.40. The first-order valence-electron chi connectivity index (χ1n) is 8.89. The van der Waals surface area contributed by atoms with E-state index in [2.05, 4.69) is 55.9 Å². The Morgan fingerprint density at radius 2 is 1.96 bits per heavy atom. The van der Waals surface area contributed by atoms with Crippen molar-refractivity contribution in [2.24, 2.45) is 5.92 Å². The number of aromatic nitrogens is 3. The second kappa shape index (κ2) is 6.48. The lowest BCUT2D eigenvalue weighted by Crippen LogP contribution is -2.48. The van der Waals surface area contributed by atoms with E-state index < -0.39 is 0 Å². The molecule has 24 heavy (non-hydrogen) atoms. The molecule has 5 nitrogen and oxygen atoms in total. The summed E-state index contributed by atoms with van der Waals surface area (Å²) in [5.41, 5.74) is 3.32. The van der Waals surface area contributed by atoms with E-state index in [1.807, 2.05) is 6.92 Å². The van der Waals surface area contributed by atoms with Gasteiger partial charge in [0.25, 0.3) is 0 Å². The first-order valence-corrected chi connectivity index (χ1v) is 8.89. The Morgan fingerprint density at radius 3 is 2.79 bits per heavy atom. The SMILES string of the molecule is Cc1cc(N2CCC3CCN(Cc4cccc(C)n4)C3C2)ncn1. The molecule has 0 saturated carbocycles. The van der Waals surface area contributed by atoms with Crippen LogP contribution < -0.4 is 4.90 Å². The van der Waals surface area contributed by atoms with Gasteiger partial charge in [-0.05, 0) is 51.3 Å². The molecule has 126 valence electrons. The summed E-state index contributed by atoms with van der Waals surface area (Å²) in [4.78, 5) is 18.4. The minimum Gasteiger partial charge on any atom is -0.355 e. The van der Waals surface area contributed by atoms with Gasteiger partial charge in [0.05, 0.1) is 5.69 Å². The van der Waals surface area contributed by atoms with Crippen LogP contribution >= 0.6 is 0 Å². The Kier molecular flexibility index (Phi) is 4.19. The maximum absolute atomic E-state index is 4.69. The standard InChI is InChI=1S/C19H25N5/c1-14-4-3-5-17(22-14)11-23-8-6-16-7-9-24(12-18(16)23)19-10-15(2)20-13-21-19/h3-5,10,13,16,18H,6-9,11-12H2,1-2H3. The molecule has 0 amide bonds. The van der Waals surface area contributed by atoms with Gasteiger partial charge in [-0.15, -0.1) is 0 Å². The Bertz CT molecular complexity index is 716. The van der Waals surface area contributed by atoms with Crippen LogP contribution in [0.4, 0.5) is 5.82 Å². The molecule has 2 aliphatic rings. The summed E-state index contributed by atoms with van der Waals surface area (Å²) in [6, 6.07) is 9.03. The number of fused-ring (bicyclic) bond motifs is 1. The minimum atomic E-state index is 0.608. The number of rotatable bonds is 3. The maximum Gasteiger partial charge on any atom is 0.132 e. The average molecular weight is 323 g/mol. The normalized spacial score (nSPS) is 24.2. The fourth-order valence-electron chi connectivity index (χ4n) is 4.14. The number of aryl methyl sites for hydroxylation is 2. The van der Waals surface area contributed by atoms with Crippen molar-refractivity contribution in [1.82, 2.24) is 19.9 Å². The third-order valence-electron chi connectivity index (χ3n) is 5.40. The Balaban J connectivity index is 1.49. The van der Waals surface area contributed by atoms with Crippen LogP contribution in [-0.2, 0) is 6.54 Å². The van der Waals surface area contributed by atoms with Gasteiger partial charge in [-0.3, -0.25) is 9.88 Å². The number of likely N-dealkylation sites (tertiary alicyclic amines) is 1. The Hall–Kier alpha value is -2.01. The first-order chi connectivity index (χ1) is 11.7. The summed E-state index contributed by atoms with van der Waals surface area (Å²) >= 11 is 0. The van der Waals surface area contributed by atoms with Gasteiger partial charge in [0.2, 0.25) is 0 Å². The van der Waals surface area contributed by atoms with E-state index in [1.54, 1.807) is 6.33 Å². The first kappa shape index (κ1) is 15.5. The van der Waals surface area contributed by atoms with Gasteiger partial charge in [0.1, 0.15) is 12.1 Å². The van der Waals surface area contributed by atoms with E-state index in [1.165, 1.54) is 25.1 Å². The van der Waals surface area contributed by atoms with Crippen molar-refractivity contribution < 1.29 is 0 Å². The van der Waals surface area contributed by atoms with Gasteiger partial charge in [-0.2, -0.15) is 0 Å². The second-order valence-corrected chi connectivity index (χ2v) is 7.11. The number of pyridine rings is 1. The predicted octanol–water partition coefficient (Wildman–Crippen LogP) is 2.59. The molecule has 0 aliphatic carbocycles. The van der Waals surface area contributed by atoms with Crippen molar-refractivity contribution in [3.63, 3.8) is 0 Å². The van der Waals surface area contributed by atoms with Crippen molar-refractivity contribution >= 4 is 5.82 Å². The summed E-state index contributed by atoms with van der Waals surface area (Å²) in [7, 11) is 0. The highest BCUT2D eigenvalue weighted by molar-refractivity contribution is 5.39. The van der Waals surface area contributed by atoms with Gasteiger partial charge >= 0.3 is 0 Å². The molecule has 0 bridgehead atoms. The quantitative estimate of drug-likeness (QED) is 0.869. The molecule has 4 rings (SSSR count). The zero-order valence-electron chi connectivity index (χ0n) is 14.5. The lowest BCUT2D eigenvalue weighted by Gasteiger charge is -2.39. The maximum atomic E-state index is 4.69. The van der Waals surface area contributed by atoms with E-state index in [0.717, 1.165) is 42.8 Å². The average Bonchev–Trinajstić information content (AvgIpc) is 2.97. The fourth-order valence-corrected chi connectivity index (χ4v) is 4.14. The molecular weight excluding hydrogens is 298 g/mol. The predicted molar refractivity (Wildman–Crippen MR) is 94.9 cm³/mol. The summed E-state index contributed by atoms with van der Waals surface area (Å²) in [5.74, 6) is 1.88. The zero-order valence-corrected chi connectivity index (χ0v) is 14.5. The molecule has 2 fully saturated rings. The van der Waals surface area contributed by atoms with Crippen LogP contribution in [0.2, 0.25) is 0 Å². The van der Waals surface area contributed by atoms with Gasteiger partial charge < -0.3 is 4.90 Å². The van der Waals surface area contributed by atoms with Crippen molar-refractivity contribution in [2.75, 3.05) is 24.5 Å². The number of nitrogens with zero attached hydrogens (tertiary/aromatic N) is 5. The van der Waals surface area contributed by atoms with E-state index >= 15 is 0 Å². The molecule has 4 heterocycles. The fraction of sp³-hybridized carbons (Fsp3) is 0.526. The highest BCUT2D eigenvalue weighted by Gasteiger charge is 2.38. The number of hydrogen-bond acceptors (Lipinski definition) is 5. The molecule has 5 heteroatoms. The topological polar surface area (TPSA) is 45.2 Å². The van der Waals surface area contributed by atoms with Gasteiger partial charge in [0.15, 0.2) is 0 Å². The van der Waals surface area contributed by atoms with E-state index in [-0.39, 0.29) is 0 Å². The van der Waals surface area contributed by atoms with Crippen LogP contribution in [0, 0.1) is 19.8 Å². The van der Waals surface area contributed by atoms with Crippen LogP contribution in [-0.4, -0.2) is 45.5 Å². The Labute approximate surface area is 143 Å². The van der Waals surface area contributed by atoms with E-state index in [9.17, 15) is 0 Å². The molecule has 2 aromatic rings. The monoisotopic (exact) mass is 323 g/mol. The molecule has 2 aromatic heterocycles. The van der Waals surface area contributed by atoms with Crippen LogP contribution in [0.1, 0.15) is 29.9 Å². The van der Waals surface area contributed by atoms with E-state index in [0.29, 0.717) is 6.04 Å². The minimum absolute atomic E-state index is 0.608. The number of hydrogen-bond donors (Lipinski definition) is 0. The van der Waals surface area contributed by atoms with Crippen LogP contribution in [0.15, 0.2) is 30.6 Å². The van der Waals surface area contributed by atoms with Crippen molar-refractivity contribution in [2.45, 2.75) is 39.3 Å². The van der Waals surface area contributed by atoms with Crippen LogP contribution in [0.5, 0.6) is 0 Å². The largest absolute Gasteiger partial charge is 0.355 e. The smallest absolute Gasteiger partial charge is 0.132 e.